The maximum absolute atomic E-state index is 12.9. The molecule has 0 aromatic carbocycles. The van der Waals surface area contributed by atoms with Gasteiger partial charge in [0.1, 0.15) is 12.3 Å². The lowest BCUT2D eigenvalue weighted by Gasteiger charge is -2.26. The van der Waals surface area contributed by atoms with Gasteiger partial charge in [-0.1, -0.05) is 0 Å². The first-order chi connectivity index (χ1) is 14.7. The maximum Gasteiger partial charge on any atom is 0.300 e. The monoisotopic (exact) mass is 411 g/mol. The predicted octanol–water partition coefficient (Wildman–Crippen LogP) is 0.935. The number of morpholine rings is 1. The molecule has 0 amide bonds. The molecule has 2 N–H and O–H groups in total. The van der Waals surface area contributed by atoms with E-state index in [1.165, 1.54) is 10.6 Å². The minimum absolute atomic E-state index is 0.230. The van der Waals surface area contributed by atoms with Crippen LogP contribution < -0.4 is 20.8 Å². The van der Waals surface area contributed by atoms with Crippen LogP contribution >= 0.6 is 0 Å². The van der Waals surface area contributed by atoms with Gasteiger partial charge in [-0.15, -0.1) is 0 Å². The van der Waals surface area contributed by atoms with Crippen LogP contribution in [0, 0.1) is 0 Å². The molecule has 4 rings (SSSR count). The molecule has 1 aliphatic rings. The van der Waals surface area contributed by atoms with Crippen LogP contribution in [0.4, 0.5) is 0 Å². The highest BCUT2D eigenvalue weighted by Crippen LogP contribution is 2.24. The van der Waals surface area contributed by atoms with E-state index in [9.17, 15) is 4.79 Å². The minimum Gasteiger partial charge on any atom is -0.485 e. The summed E-state index contributed by atoms with van der Waals surface area (Å²) in [4.78, 5) is 23.8. The smallest absolute Gasteiger partial charge is 0.300 e. The molecule has 4 heterocycles. The van der Waals surface area contributed by atoms with Crippen molar-refractivity contribution in [2.45, 2.75) is 6.54 Å². The number of pyridine rings is 2. The highest BCUT2D eigenvalue weighted by Gasteiger charge is 2.12. The fourth-order valence-electron chi connectivity index (χ4n) is 3.42. The lowest BCUT2D eigenvalue weighted by molar-refractivity contribution is 0.0321. The molecule has 0 aliphatic carbocycles. The van der Waals surface area contributed by atoms with E-state index in [1.807, 2.05) is 12.1 Å². The van der Waals surface area contributed by atoms with E-state index >= 15 is 0 Å². The molecule has 9 heteroatoms. The minimum atomic E-state index is -0.246. The van der Waals surface area contributed by atoms with Crippen LogP contribution in [0.5, 0.6) is 11.6 Å². The lowest BCUT2D eigenvalue weighted by atomic mass is 10.1. The number of nitrogens with two attached hydrogens (primary N) is 1. The number of nitrogens with zero attached hydrogens (tertiary/aromatic N) is 4. The van der Waals surface area contributed by atoms with E-state index in [4.69, 9.17) is 19.9 Å². The Morgan fingerprint density at radius 3 is 2.77 bits per heavy atom. The van der Waals surface area contributed by atoms with E-state index in [0.29, 0.717) is 24.7 Å². The molecule has 158 valence electrons. The Labute approximate surface area is 174 Å². The standard InChI is InChI=1S/C21H25N5O4/c1-28-20-16(11-22)10-17(12-24-20)15-2-3-19-23-13-18(21(27)26(19)14-15)30-9-6-25-4-7-29-8-5-25/h2-3,10,12-14H,4-9,11,22H2,1H3. The topological polar surface area (TPSA) is 104 Å². The number of hydrogen-bond acceptors (Lipinski definition) is 8. The number of aromatic nitrogens is 3. The van der Waals surface area contributed by atoms with Crippen LogP contribution in [0.1, 0.15) is 5.56 Å². The van der Waals surface area contributed by atoms with Crippen molar-refractivity contribution in [2.75, 3.05) is 46.6 Å². The van der Waals surface area contributed by atoms with Gasteiger partial charge >= 0.3 is 0 Å². The molecule has 0 atom stereocenters. The van der Waals surface area contributed by atoms with Crippen LogP contribution in [0.15, 0.2) is 41.6 Å². The van der Waals surface area contributed by atoms with Gasteiger partial charge in [0.05, 0.1) is 26.5 Å². The summed E-state index contributed by atoms with van der Waals surface area (Å²) in [6, 6.07) is 5.60. The first-order valence-corrected chi connectivity index (χ1v) is 9.87. The Kier molecular flexibility index (Phi) is 6.22. The zero-order chi connectivity index (χ0) is 20.9. The quantitative estimate of drug-likeness (QED) is 0.612. The Balaban J connectivity index is 1.57. The molecule has 1 fully saturated rings. The summed E-state index contributed by atoms with van der Waals surface area (Å²) >= 11 is 0. The molecule has 0 saturated carbocycles. The predicted molar refractivity (Wildman–Crippen MR) is 112 cm³/mol. The van der Waals surface area contributed by atoms with Gasteiger partial charge in [-0.05, 0) is 18.2 Å². The van der Waals surface area contributed by atoms with Crippen LogP contribution in [0.3, 0.4) is 0 Å². The number of rotatable bonds is 7. The van der Waals surface area contributed by atoms with Gasteiger partial charge in [-0.25, -0.2) is 9.97 Å². The van der Waals surface area contributed by atoms with E-state index in [0.717, 1.165) is 49.5 Å². The second kappa shape index (κ2) is 9.21. The first-order valence-electron chi connectivity index (χ1n) is 9.87. The Hall–Kier alpha value is -3.01. The van der Waals surface area contributed by atoms with Crippen molar-refractivity contribution < 1.29 is 14.2 Å². The van der Waals surface area contributed by atoms with E-state index < -0.39 is 0 Å². The van der Waals surface area contributed by atoms with Crippen LogP contribution in [0.25, 0.3) is 16.8 Å². The summed E-state index contributed by atoms with van der Waals surface area (Å²) in [6.45, 7) is 4.69. The normalized spacial score (nSPS) is 14.7. The van der Waals surface area contributed by atoms with Crippen molar-refractivity contribution in [2.24, 2.45) is 5.73 Å². The van der Waals surface area contributed by atoms with Gasteiger partial charge < -0.3 is 19.9 Å². The maximum atomic E-state index is 12.9. The molecule has 1 saturated heterocycles. The molecule has 0 bridgehead atoms. The van der Waals surface area contributed by atoms with Crippen molar-refractivity contribution in [1.82, 2.24) is 19.3 Å². The van der Waals surface area contributed by atoms with Crippen molar-refractivity contribution in [1.29, 1.82) is 0 Å². The van der Waals surface area contributed by atoms with E-state index in [1.54, 1.807) is 25.6 Å². The molecule has 9 nitrogen and oxygen atoms in total. The lowest BCUT2D eigenvalue weighted by Crippen LogP contribution is -2.38. The summed E-state index contributed by atoms with van der Waals surface area (Å²) in [5.41, 5.74) is 8.55. The van der Waals surface area contributed by atoms with Crippen molar-refractivity contribution in [3.05, 3.63) is 52.7 Å². The number of ether oxygens (including phenoxy) is 3. The first kappa shape index (κ1) is 20.3. The summed E-state index contributed by atoms with van der Waals surface area (Å²) in [5.74, 6) is 0.727. The molecule has 30 heavy (non-hydrogen) atoms. The Bertz CT molecular complexity index is 1080. The number of fused-ring (bicyclic) bond motifs is 1. The van der Waals surface area contributed by atoms with Gasteiger partial charge in [0.15, 0.2) is 0 Å². The zero-order valence-corrected chi connectivity index (χ0v) is 16.9. The van der Waals surface area contributed by atoms with Crippen LogP contribution in [-0.2, 0) is 11.3 Å². The SMILES string of the molecule is COc1ncc(-c2ccc3ncc(OCCN4CCOCC4)c(=O)n3c2)cc1CN. The molecule has 3 aromatic rings. The van der Waals surface area contributed by atoms with Crippen LogP contribution in [0.2, 0.25) is 0 Å². The van der Waals surface area contributed by atoms with Crippen molar-refractivity contribution >= 4 is 5.65 Å². The second-order valence-corrected chi connectivity index (χ2v) is 6.97. The third kappa shape index (κ3) is 4.28. The summed E-state index contributed by atoms with van der Waals surface area (Å²) in [7, 11) is 1.56. The fraction of sp³-hybridized carbons (Fsp3) is 0.381. The molecule has 1 aliphatic heterocycles. The molecular formula is C21H25N5O4. The van der Waals surface area contributed by atoms with Gasteiger partial charge in [-0.3, -0.25) is 14.1 Å². The van der Waals surface area contributed by atoms with Crippen molar-refractivity contribution in [3.63, 3.8) is 0 Å². The molecule has 0 radical (unpaired) electrons. The number of methoxy groups -OCH3 is 1. The van der Waals surface area contributed by atoms with E-state index in [2.05, 4.69) is 14.9 Å². The van der Waals surface area contributed by atoms with Gasteiger partial charge in [-0.2, -0.15) is 0 Å². The zero-order valence-electron chi connectivity index (χ0n) is 16.9. The van der Waals surface area contributed by atoms with Gasteiger partial charge in [0, 0.05) is 55.3 Å². The molecule has 0 spiro atoms. The summed E-state index contributed by atoms with van der Waals surface area (Å²) < 4.78 is 17.8. The Morgan fingerprint density at radius 1 is 1.17 bits per heavy atom. The van der Waals surface area contributed by atoms with Gasteiger partial charge in [0.25, 0.3) is 5.56 Å². The Morgan fingerprint density at radius 2 is 2.00 bits per heavy atom. The molecule has 3 aromatic heterocycles. The molecular weight excluding hydrogens is 386 g/mol. The highest BCUT2D eigenvalue weighted by molar-refractivity contribution is 5.65. The molecule has 0 unspecified atom stereocenters. The average molecular weight is 411 g/mol. The second-order valence-electron chi connectivity index (χ2n) is 6.97. The third-order valence-corrected chi connectivity index (χ3v) is 5.11. The fourth-order valence-corrected chi connectivity index (χ4v) is 3.42. The van der Waals surface area contributed by atoms with Gasteiger partial charge in [0.2, 0.25) is 11.6 Å². The third-order valence-electron chi connectivity index (χ3n) is 5.11. The van der Waals surface area contributed by atoms with Crippen LogP contribution in [-0.4, -0.2) is 65.8 Å². The highest BCUT2D eigenvalue weighted by atomic mass is 16.5. The van der Waals surface area contributed by atoms with Crippen molar-refractivity contribution in [3.8, 4) is 22.8 Å². The average Bonchev–Trinajstić information content (AvgIpc) is 2.80. The van der Waals surface area contributed by atoms with E-state index in [-0.39, 0.29) is 11.3 Å². The summed E-state index contributed by atoms with van der Waals surface area (Å²) in [5, 5.41) is 0. The largest absolute Gasteiger partial charge is 0.485 e. The number of hydrogen-bond donors (Lipinski definition) is 1. The summed E-state index contributed by atoms with van der Waals surface area (Å²) in [6.07, 6.45) is 4.92.